The van der Waals surface area contributed by atoms with Crippen LogP contribution in [0.5, 0.6) is 0 Å². The summed E-state index contributed by atoms with van der Waals surface area (Å²) in [6, 6.07) is 0. The van der Waals surface area contributed by atoms with Gasteiger partial charge in [-0.2, -0.15) is 11.8 Å². The van der Waals surface area contributed by atoms with E-state index in [1.54, 1.807) is 18.7 Å². The third kappa shape index (κ3) is 12.1. The standard InChI is InChI=1S/C15H26O4S/c1-12(2)14(17)18-9-11-20-10-7-6-8-13(16)19-15(3,4)5/h1,6-11H2,2-5H3. The van der Waals surface area contributed by atoms with Crippen LogP contribution in [-0.2, 0) is 19.1 Å². The second-order valence-corrected chi connectivity index (χ2v) is 6.80. The van der Waals surface area contributed by atoms with Crippen molar-refractivity contribution < 1.29 is 19.1 Å². The Hall–Kier alpha value is -0.970. The summed E-state index contributed by atoms with van der Waals surface area (Å²) in [7, 11) is 0. The van der Waals surface area contributed by atoms with Crippen LogP contribution in [0, 0.1) is 0 Å². The van der Waals surface area contributed by atoms with Crippen molar-refractivity contribution in [3.8, 4) is 0 Å². The van der Waals surface area contributed by atoms with Crippen molar-refractivity contribution in [3.63, 3.8) is 0 Å². The summed E-state index contributed by atoms with van der Waals surface area (Å²) in [5, 5.41) is 0. The number of thioether (sulfide) groups is 1. The molecule has 116 valence electrons. The fraction of sp³-hybridized carbons (Fsp3) is 0.733. The smallest absolute Gasteiger partial charge is 0.333 e. The van der Waals surface area contributed by atoms with Crippen molar-refractivity contribution in [2.75, 3.05) is 18.1 Å². The third-order valence-electron chi connectivity index (χ3n) is 2.15. The molecule has 0 aliphatic rings. The van der Waals surface area contributed by atoms with Crippen molar-refractivity contribution in [2.24, 2.45) is 0 Å². The zero-order valence-electron chi connectivity index (χ0n) is 13.0. The zero-order chi connectivity index (χ0) is 15.6. The molecule has 0 radical (unpaired) electrons. The van der Waals surface area contributed by atoms with Gasteiger partial charge in [-0.25, -0.2) is 4.79 Å². The van der Waals surface area contributed by atoms with E-state index in [-0.39, 0.29) is 11.9 Å². The molecule has 0 fully saturated rings. The maximum atomic E-state index is 11.4. The van der Waals surface area contributed by atoms with Gasteiger partial charge in [-0.3, -0.25) is 4.79 Å². The van der Waals surface area contributed by atoms with E-state index in [1.807, 2.05) is 20.8 Å². The topological polar surface area (TPSA) is 52.6 Å². The second kappa shape index (κ2) is 9.86. The highest BCUT2D eigenvalue weighted by molar-refractivity contribution is 7.99. The van der Waals surface area contributed by atoms with Gasteiger partial charge in [0.15, 0.2) is 0 Å². The molecule has 0 amide bonds. The average Bonchev–Trinajstić information content (AvgIpc) is 2.29. The van der Waals surface area contributed by atoms with E-state index in [0.717, 1.165) is 24.3 Å². The van der Waals surface area contributed by atoms with E-state index in [2.05, 4.69) is 6.58 Å². The van der Waals surface area contributed by atoms with E-state index in [0.29, 0.717) is 18.6 Å². The predicted molar refractivity (Wildman–Crippen MR) is 82.8 cm³/mol. The van der Waals surface area contributed by atoms with Gasteiger partial charge >= 0.3 is 11.9 Å². The maximum Gasteiger partial charge on any atom is 0.333 e. The predicted octanol–water partition coefficient (Wildman–Crippen LogP) is 3.35. The first kappa shape index (κ1) is 19.0. The molecular weight excluding hydrogens is 276 g/mol. The number of carbonyl (C=O) groups is 2. The molecule has 0 N–H and O–H groups in total. The summed E-state index contributed by atoms with van der Waals surface area (Å²) in [6.07, 6.45) is 2.24. The number of carbonyl (C=O) groups excluding carboxylic acids is 2. The van der Waals surface area contributed by atoms with Crippen LogP contribution in [0.15, 0.2) is 12.2 Å². The molecule has 5 heteroatoms. The Kier molecular flexibility index (Phi) is 9.38. The first-order chi connectivity index (χ1) is 9.22. The molecule has 0 bridgehead atoms. The molecule has 0 saturated carbocycles. The summed E-state index contributed by atoms with van der Waals surface area (Å²) in [5.74, 6) is 1.24. The molecule has 0 unspecified atom stereocenters. The molecule has 0 rings (SSSR count). The van der Waals surface area contributed by atoms with Crippen LogP contribution in [0.4, 0.5) is 0 Å². The van der Waals surface area contributed by atoms with Crippen molar-refractivity contribution >= 4 is 23.7 Å². The molecule has 0 heterocycles. The minimum absolute atomic E-state index is 0.141. The highest BCUT2D eigenvalue weighted by Crippen LogP contribution is 2.11. The fourth-order valence-corrected chi connectivity index (χ4v) is 2.10. The molecular formula is C15H26O4S. The molecule has 0 aromatic carbocycles. The van der Waals surface area contributed by atoms with Gasteiger partial charge in [0.1, 0.15) is 12.2 Å². The Labute approximate surface area is 126 Å². The highest BCUT2D eigenvalue weighted by atomic mass is 32.2. The summed E-state index contributed by atoms with van der Waals surface area (Å²) >= 11 is 1.71. The second-order valence-electron chi connectivity index (χ2n) is 5.57. The van der Waals surface area contributed by atoms with Crippen molar-refractivity contribution in [1.29, 1.82) is 0 Å². The first-order valence-electron chi connectivity index (χ1n) is 6.84. The number of ether oxygens (including phenoxy) is 2. The van der Waals surface area contributed by atoms with Gasteiger partial charge in [-0.05, 0) is 46.3 Å². The lowest BCUT2D eigenvalue weighted by Crippen LogP contribution is -2.23. The van der Waals surface area contributed by atoms with Gasteiger partial charge in [-0.1, -0.05) is 6.58 Å². The summed E-state index contributed by atoms with van der Waals surface area (Å²) < 4.78 is 10.2. The van der Waals surface area contributed by atoms with E-state index in [4.69, 9.17) is 9.47 Å². The van der Waals surface area contributed by atoms with E-state index in [9.17, 15) is 9.59 Å². The average molecular weight is 302 g/mol. The molecule has 0 atom stereocenters. The van der Waals surface area contributed by atoms with Crippen molar-refractivity contribution in [1.82, 2.24) is 0 Å². The van der Waals surface area contributed by atoms with Gasteiger partial charge < -0.3 is 9.47 Å². The molecule has 0 aromatic rings. The minimum Gasteiger partial charge on any atom is -0.461 e. The highest BCUT2D eigenvalue weighted by Gasteiger charge is 2.15. The lowest BCUT2D eigenvalue weighted by atomic mass is 10.2. The van der Waals surface area contributed by atoms with Gasteiger partial charge in [-0.15, -0.1) is 0 Å². The Morgan fingerprint density at radius 3 is 2.35 bits per heavy atom. The molecule has 0 saturated heterocycles. The van der Waals surface area contributed by atoms with Crippen molar-refractivity contribution in [3.05, 3.63) is 12.2 Å². The van der Waals surface area contributed by atoms with E-state index in [1.165, 1.54) is 0 Å². The molecule has 0 aliphatic carbocycles. The number of rotatable bonds is 9. The van der Waals surface area contributed by atoms with Crippen LogP contribution in [0.25, 0.3) is 0 Å². The largest absolute Gasteiger partial charge is 0.461 e. The first-order valence-corrected chi connectivity index (χ1v) is 8.00. The number of unbranched alkanes of at least 4 members (excludes halogenated alkanes) is 1. The van der Waals surface area contributed by atoms with Crippen LogP contribution < -0.4 is 0 Å². The molecule has 4 nitrogen and oxygen atoms in total. The van der Waals surface area contributed by atoms with Gasteiger partial charge in [0.05, 0.1) is 0 Å². The third-order valence-corrected chi connectivity index (χ3v) is 3.18. The Morgan fingerprint density at radius 2 is 1.80 bits per heavy atom. The van der Waals surface area contributed by atoms with Gasteiger partial charge in [0.25, 0.3) is 0 Å². The SMILES string of the molecule is C=C(C)C(=O)OCCSCCCCC(=O)OC(C)(C)C. The Bertz CT molecular complexity index is 331. The lowest BCUT2D eigenvalue weighted by Gasteiger charge is -2.19. The summed E-state index contributed by atoms with van der Waals surface area (Å²) in [6.45, 7) is 11.2. The van der Waals surface area contributed by atoms with Crippen LogP contribution in [0.3, 0.4) is 0 Å². The summed E-state index contributed by atoms with van der Waals surface area (Å²) in [4.78, 5) is 22.5. The lowest BCUT2D eigenvalue weighted by molar-refractivity contribution is -0.154. The monoisotopic (exact) mass is 302 g/mol. The van der Waals surface area contributed by atoms with Crippen LogP contribution in [0.2, 0.25) is 0 Å². The Balaban J connectivity index is 3.39. The minimum atomic E-state index is -0.404. The quantitative estimate of drug-likeness (QED) is 0.371. The van der Waals surface area contributed by atoms with Crippen LogP contribution >= 0.6 is 11.8 Å². The fourth-order valence-electron chi connectivity index (χ4n) is 1.28. The zero-order valence-corrected chi connectivity index (χ0v) is 13.8. The van der Waals surface area contributed by atoms with Gasteiger partial charge in [0, 0.05) is 17.7 Å². The van der Waals surface area contributed by atoms with E-state index < -0.39 is 5.60 Å². The van der Waals surface area contributed by atoms with Crippen LogP contribution in [0.1, 0.15) is 47.0 Å². The Morgan fingerprint density at radius 1 is 1.15 bits per heavy atom. The number of hydrogen-bond donors (Lipinski definition) is 0. The molecule has 0 aliphatic heterocycles. The van der Waals surface area contributed by atoms with E-state index >= 15 is 0 Å². The normalized spacial score (nSPS) is 11.0. The van der Waals surface area contributed by atoms with Crippen LogP contribution in [-0.4, -0.2) is 35.7 Å². The number of esters is 2. The molecule has 20 heavy (non-hydrogen) atoms. The molecule has 0 spiro atoms. The van der Waals surface area contributed by atoms with Crippen molar-refractivity contribution in [2.45, 2.75) is 52.6 Å². The molecule has 0 aromatic heterocycles. The van der Waals surface area contributed by atoms with Gasteiger partial charge in [0.2, 0.25) is 0 Å². The number of hydrogen-bond acceptors (Lipinski definition) is 5. The maximum absolute atomic E-state index is 11.4. The summed E-state index contributed by atoms with van der Waals surface area (Å²) in [5.41, 5.74) is 0.0197.